The molecule has 6 heteroatoms. The van der Waals surface area contributed by atoms with Gasteiger partial charge in [0.05, 0.1) is 17.3 Å². The van der Waals surface area contributed by atoms with Crippen molar-refractivity contribution in [2.24, 2.45) is 0 Å². The average Bonchev–Trinajstić information content (AvgIpc) is 2.78. The van der Waals surface area contributed by atoms with E-state index in [1.165, 1.54) is 0 Å². The van der Waals surface area contributed by atoms with Crippen LogP contribution >= 0.6 is 0 Å². The fourth-order valence-corrected chi connectivity index (χ4v) is 2.90. The molecule has 3 aromatic carbocycles. The SMILES string of the molecule is C[C@@H](NC(=O)c1ccccc1NC(=O)COc1cccc(C=O)c1)c1ccccc1. The highest BCUT2D eigenvalue weighted by molar-refractivity contribution is 6.04. The molecule has 152 valence electrons. The van der Waals surface area contributed by atoms with Crippen LogP contribution in [0.4, 0.5) is 5.69 Å². The van der Waals surface area contributed by atoms with Crippen molar-refractivity contribution in [2.75, 3.05) is 11.9 Å². The summed E-state index contributed by atoms with van der Waals surface area (Å²) in [7, 11) is 0. The van der Waals surface area contributed by atoms with Crippen LogP contribution < -0.4 is 15.4 Å². The van der Waals surface area contributed by atoms with E-state index in [1.54, 1.807) is 48.5 Å². The average molecular weight is 402 g/mol. The van der Waals surface area contributed by atoms with Gasteiger partial charge in [-0.2, -0.15) is 0 Å². The molecule has 1 atom stereocenters. The first-order chi connectivity index (χ1) is 14.6. The van der Waals surface area contributed by atoms with E-state index < -0.39 is 5.91 Å². The Morgan fingerprint density at radius 1 is 0.967 bits per heavy atom. The molecular weight excluding hydrogens is 380 g/mol. The van der Waals surface area contributed by atoms with Gasteiger partial charge in [-0.1, -0.05) is 54.6 Å². The summed E-state index contributed by atoms with van der Waals surface area (Å²) in [5, 5.41) is 5.65. The van der Waals surface area contributed by atoms with Gasteiger partial charge in [0.2, 0.25) is 0 Å². The summed E-state index contributed by atoms with van der Waals surface area (Å²) in [6.07, 6.45) is 0.707. The summed E-state index contributed by atoms with van der Waals surface area (Å²) in [4.78, 5) is 35.9. The van der Waals surface area contributed by atoms with Crippen molar-refractivity contribution in [3.05, 3.63) is 95.6 Å². The Morgan fingerprint density at radius 3 is 2.47 bits per heavy atom. The molecule has 0 saturated carbocycles. The van der Waals surface area contributed by atoms with Gasteiger partial charge in [-0.05, 0) is 36.8 Å². The zero-order valence-corrected chi connectivity index (χ0v) is 16.5. The molecule has 0 aliphatic rings. The lowest BCUT2D eigenvalue weighted by atomic mass is 10.1. The lowest BCUT2D eigenvalue weighted by molar-refractivity contribution is -0.118. The van der Waals surface area contributed by atoms with Crippen molar-refractivity contribution in [1.82, 2.24) is 5.32 Å². The molecule has 0 bridgehead atoms. The molecule has 6 nitrogen and oxygen atoms in total. The molecule has 0 radical (unpaired) electrons. The minimum Gasteiger partial charge on any atom is -0.484 e. The predicted molar refractivity (Wildman–Crippen MR) is 115 cm³/mol. The lowest BCUT2D eigenvalue weighted by Crippen LogP contribution is -2.28. The fourth-order valence-electron chi connectivity index (χ4n) is 2.90. The van der Waals surface area contributed by atoms with Gasteiger partial charge in [0.1, 0.15) is 12.0 Å². The smallest absolute Gasteiger partial charge is 0.262 e. The number of carbonyl (C=O) groups is 3. The Morgan fingerprint density at radius 2 is 1.70 bits per heavy atom. The number of aldehydes is 1. The summed E-state index contributed by atoms with van der Waals surface area (Å²) < 4.78 is 5.43. The molecule has 0 aromatic heterocycles. The van der Waals surface area contributed by atoms with Crippen molar-refractivity contribution in [1.29, 1.82) is 0 Å². The molecular formula is C24H22N2O4. The van der Waals surface area contributed by atoms with Crippen molar-refractivity contribution < 1.29 is 19.1 Å². The zero-order valence-electron chi connectivity index (χ0n) is 16.5. The van der Waals surface area contributed by atoms with Gasteiger partial charge in [-0.3, -0.25) is 14.4 Å². The third-order valence-corrected chi connectivity index (χ3v) is 4.46. The van der Waals surface area contributed by atoms with Gasteiger partial charge in [-0.25, -0.2) is 0 Å². The molecule has 3 aromatic rings. The first kappa shape index (κ1) is 20.8. The van der Waals surface area contributed by atoms with Crippen molar-refractivity contribution in [3.8, 4) is 5.75 Å². The van der Waals surface area contributed by atoms with E-state index in [-0.39, 0.29) is 18.6 Å². The number of hydrogen-bond donors (Lipinski definition) is 2. The number of para-hydroxylation sites is 1. The number of carbonyl (C=O) groups excluding carboxylic acids is 3. The molecule has 3 rings (SSSR count). The molecule has 30 heavy (non-hydrogen) atoms. The molecule has 2 N–H and O–H groups in total. The summed E-state index contributed by atoms with van der Waals surface area (Å²) in [6, 6.07) is 22.7. The quantitative estimate of drug-likeness (QED) is 0.558. The van der Waals surface area contributed by atoms with Gasteiger partial charge in [0, 0.05) is 5.56 Å². The van der Waals surface area contributed by atoms with E-state index in [2.05, 4.69) is 10.6 Å². The number of hydrogen-bond acceptors (Lipinski definition) is 4. The number of anilines is 1. The summed E-state index contributed by atoms with van der Waals surface area (Å²) in [5.41, 5.74) is 2.20. The first-order valence-corrected chi connectivity index (χ1v) is 9.49. The van der Waals surface area contributed by atoms with Crippen LogP contribution in [0.3, 0.4) is 0 Å². The second-order valence-electron chi connectivity index (χ2n) is 6.68. The van der Waals surface area contributed by atoms with Crippen LogP contribution in [0.15, 0.2) is 78.9 Å². The summed E-state index contributed by atoms with van der Waals surface area (Å²) in [5.74, 6) is -0.290. The molecule has 0 fully saturated rings. The molecule has 0 saturated heterocycles. The largest absolute Gasteiger partial charge is 0.484 e. The van der Waals surface area contributed by atoms with Crippen LogP contribution in [0, 0.1) is 0 Å². The second-order valence-corrected chi connectivity index (χ2v) is 6.68. The number of rotatable bonds is 8. The van der Waals surface area contributed by atoms with Crippen LogP contribution in [-0.2, 0) is 4.79 Å². The molecule has 0 aliphatic carbocycles. The minimum atomic E-state index is -0.414. The van der Waals surface area contributed by atoms with Crippen LogP contribution in [0.1, 0.15) is 39.2 Å². The highest BCUT2D eigenvalue weighted by atomic mass is 16.5. The van der Waals surface area contributed by atoms with Crippen molar-refractivity contribution in [2.45, 2.75) is 13.0 Å². The van der Waals surface area contributed by atoms with Gasteiger partial charge >= 0.3 is 0 Å². The maximum absolute atomic E-state index is 12.8. The van der Waals surface area contributed by atoms with Crippen LogP contribution in [-0.4, -0.2) is 24.7 Å². The van der Waals surface area contributed by atoms with Crippen LogP contribution in [0.25, 0.3) is 0 Å². The Hall–Kier alpha value is -3.93. The van der Waals surface area contributed by atoms with E-state index in [1.807, 2.05) is 37.3 Å². The number of amides is 2. The van der Waals surface area contributed by atoms with Gasteiger partial charge < -0.3 is 15.4 Å². The summed E-state index contributed by atoms with van der Waals surface area (Å²) >= 11 is 0. The van der Waals surface area contributed by atoms with Gasteiger partial charge in [-0.15, -0.1) is 0 Å². The summed E-state index contributed by atoms with van der Waals surface area (Å²) in [6.45, 7) is 1.65. The Kier molecular flexibility index (Phi) is 6.95. The van der Waals surface area contributed by atoms with Gasteiger partial charge in [0.15, 0.2) is 6.61 Å². The standard InChI is InChI=1S/C24H22N2O4/c1-17(19-9-3-2-4-10-19)25-24(29)21-12-5-6-13-22(21)26-23(28)16-30-20-11-7-8-18(14-20)15-27/h2-15,17H,16H2,1H3,(H,25,29)(H,26,28)/t17-/m1/s1. The molecule has 0 heterocycles. The normalized spacial score (nSPS) is 11.2. The second kappa shape index (κ2) is 10.0. The number of nitrogens with one attached hydrogen (secondary N) is 2. The predicted octanol–water partition coefficient (Wildman–Crippen LogP) is 4.01. The highest BCUT2D eigenvalue weighted by Gasteiger charge is 2.16. The maximum Gasteiger partial charge on any atom is 0.262 e. The minimum absolute atomic E-state index is 0.184. The van der Waals surface area contributed by atoms with E-state index in [4.69, 9.17) is 4.74 Å². The topological polar surface area (TPSA) is 84.5 Å². The number of ether oxygens (including phenoxy) is 1. The van der Waals surface area contributed by atoms with Crippen molar-refractivity contribution >= 4 is 23.8 Å². The molecule has 0 unspecified atom stereocenters. The molecule has 2 amide bonds. The molecule has 0 spiro atoms. The van der Waals surface area contributed by atoms with E-state index in [0.29, 0.717) is 28.8 Å². The molecule has 0 aliphatic heterocycles. The van der Waals surface area contributed by atoms with E-state index >= 15 is 0 Å². The third kappa shape index (κ3) is 5.54. The maximum atomic E-state index is 12.8. The van der Waals surface area contributed by atoms with Gasteiger partial charge in [0.25, 0.3) is 11.8 Å². The Bertz CT molecular complexity index is 1030. The lowest BCUT2D eigenvalue weighted by Gasteiger charge is -2.16. The highest BCUT2D eigenvalue weighted by Crippen LogP contribution is 2.18. The van der Waals surface area contributed by atoms with E-state index in [9.17, 15) is 14.4 Å². The van der Waals surface area contributed by atoms with Crippen molar-refractivity contribution in [3.63, 3.8) is 0 Å². The van der Waals surface area contributed by atoms with Crippen LogP contribution in [0.2, 0.25) is 0 Å². The monoisotopic (exact) mass is 402 g/mol. The number of benzene rings is 3. The zero-order chi connectivity index (χ0) is 21.3. The fraction of sp³-hybridized carbons (Fsp3) is 0.125. The van der Waals surface area contributed by atoms with E-state index in [0.717, 1.165) is 5.56 Å². The third-order valence-electron chi connectivity index (χ3n) is 4.46. The Labute approximate surface area is 174 Å². The first-order valence-electron chi connectivity index (χ1n) is 9.49. The Balaban J connectivity index is 1.63. The van der Waals surface area contributed by atoms with Crippen LogP contribution in [0.5, 0.6) is 5.75 Å².